The SMILES string of the molecule is Cc1ccc(OC(=O)OC(C)N(C)c2ccccc2)cc1. The Morgan fingerprint density at radius 2 is 1.67 bits per heavy atom. The van der Waals surface area contributed by atoms with Crippen LogP contribution in [0.4, 0.5) is 10.5 Å². The summed E-state index contributed by atoms with van der Waals surface area (Å²) in [5.74, 6) is 0.472. The number of anilines is 1. The molecule has 0 heterocycles. The van der Waals surface area contributed by atoms with Crippen molar-refractivity contribution >= 4 is 11.8 Å². The maximum atomic E-state index is 11.8. The smallest absolute Gasteiger partial charge is 0.410 e. The molecular formula is C17H19NO3. The van der Waals surface area contributed by atoms with Gasteiger partial charge >= 0.3 is 6.16 Å². The van der Waals surface area contributed by atoms with Crippen molar-refractivity contribution in [1.29, 1.82) is 0 Å². The molecule has 4 heteroatoms. The Balaban J connectivity index is 1.91. The number of hydrogen-bond donors (Lipinski definition) is 0. The molecule has 1 atom stereocenters. The Labute approximate surface area is 124 Å². The van der Waals surface area contributed by atoms with Crippen LogP contribution in [0.3, 0.4) is 0 Å². The van der Waals surface area contributed by atoms with E-state index in [1.54, 1.807) is 19.1 Å². The number of ether oxygens (including phenoxy) is 2. The third kappa shape index (κ3) is 4.24. The molecule has 0 aliphatic rings. The zero-order valence-corrected chi connectivity index (χ0v) is 12.4. The van der Waals surface area contributed by atoms with Crippen LogP contribution in [0.1, 0.15) is 12.5 Å². The topological polar surface area (TPSA) is 38.8 Å². The number of benzene rings is 2. The standard InChI is InChI=1S/C17H19NO3/c1-13-9-11-16(12-10-13)21-17(19)20-14(2)18(3)15-7-5-4-6-8-15/h4-12,14H,1-3H3. The Hall–Kier alpha value is -2.49. The minimum absolute atomic E-state index is 0.426. The van der Waals surface area contributed by atoms with Gasteiger partial charge in [-0.3, -0.25) is 0 Å². The van der Waals surface area contributed by atoms with E-state index in [4.69, 9.17) is 9.47 Å². The Kier molecular flexibility index (Phi) is 4.82. The second kappa shape index (κ2) is 6.79. The van der Waals surface area contributed by atoms with Gasteiger partial charge in [0.2, 0.25) is 0 Å². The number of carbonyl (C=O) groups excluding carboxylic acids is 1. The van der Waals surface area contributed by atoms with E-state index in [2.05, 4.69) is 0 Å². The molecule has 0 saturated heterocycles. The molecule has 4 nitrogen and oxygen atoms in total. The molecule has 1 unspecified atom stereocenters. The fourth-order valence-corrected chi connectivity index (χ4v) is 1.82. The summed E-state index contributed by atoms with van der Waals surface area (Å²) in [6.07, 6.45) is -1.14. The summed E-state index contributed by atoms with van der Waals surface area (Å²) in [6, 6.07) is 16.9. The average molecular weight is 285 g/mol. The van der Waals surface area contributed by atoms with Crippen molar-refractivity contribution in [3.63, 3.8) is 0 Å². The van der Waals surface area contributed by atoms with Crippen LogP contribution in [0.25, 0.3) is 0 Å². The molecule has 0 amide bonds. The molecule has 2 rings (SSSR count). The number of nitrogens with zero attached hydrogens (tertiary/aromatic N) is 1. The molecule has 0 aliphatic carbocycles. The third-order valence-corrected chi connectivity index (χ3v) is 3.20. The molecule has 0 saturated carbocycles. The number of aryl methyl sites for hydroxylation is 1. The lowest BCUT2D eigenvalue weighted by Crippen LogP contribution is -2.34. The summed E-state index contributed by atoms with van der Waals surface area (Å²) in [7, 11) is 1.86. The number of carbonyl (C=O) groups is 1. The van der Waals surface area contributed by atoms with Crippen LogP contribution in [-0.2, 0) is 4.74 Å². The minimum Gasteiger partial charge on any atom is -0.410 e. The highest BCUT2D eigenvalue weighted by molar-refractivity contribution is 5.64. The van der Waals surface area contributed by atoms with Gasteiger partial charge in [0.05, 0.1) is 0 Å². The van der Waals surface area contributed by atoms with Crippen molar-refractivity contribution in [2.24, 2.45) is 0 Å². The van der Waals surface area contributed by atoms with Crippen LogP contribution in [0.5, 0.6) is 5.75 Å². The van der Waals surface area contributed by atoms with Crippen molar-refractivity contribution in [3.05, 3.63) is 60.2 Å². The maximum absolute atomic E-state index is 11.8. The van der Waals surface area contributed by atoms with E-state index in [9.17, 15) is 4.79 Å². The maximum Gasteiger partial charge on any atom is 0.515 e. The first kappa shape index (κ1) is 14.9. The molecule has 110 valence electrons. The van der Waals surface area contributed by atoms with E-state index in [-0.39, 0.29) is 0 Å². The van der Waals surface area contributed by atoms with Gasteiger partial charge in [-0.25, -0.2) is 4.79 Å². The first-order chi connectivity index (χ1) is 10.1. The molecule has 0 aromatic heterocycles. The number of rotatable bonds is 4. The summed E-state index contributed by atoms with van der Waals surface area (Å²) >= 11 is 0. The highest BCUT2D eigenvalue weighted by atomic mass is 16.7. The molecule has 0 spiro atoms. The quantitative estimate of drug-likeness (QED) is 0.483. The lowest BCUT2D eigenvalue weighted by Gasteiger charge is -2.26. The van der Waals surface area contributed by atoms with Gasteiger partial charge in [-0.1, -0.05) is 35.9 Å². The van der Waals surface area contributed by atoms with Crippen molar-refractivity contribution in [3.8, 4) is 5.75 Å². The first-order valence-electron chi connectivity index (χ1n) is 6.79. The van der Waals surface area contributed by atoms with Gasteiger partial charge in [0.25, 0.3) is 0 Å². The molecule has 0 fully saturated rings. The summed E-state index contributed by atoms with van der Waals surface area (Å²) in [5, 5.41) is 0. The molecule has 0 bridgehead atoms. The molecule has 0 radical (unpaired) electrons. The van der Waals surface area contributed by atoms with Gasteiger partial charge in [0, 0.05) is 12.7 Å². The fraction of sp³-hybridized carbons (Fsp3) is 0.235. The molecule has 2 aromatic carbocycles. The molecule has 2 aromatic rings. The van der Waals surface area contributed by atoms with Crippen molar-refractivity contribution in [2.45, 2.75) is 20.1 Å². The number of para-hydroxylation sites is 1. The molecular weight excluding hydrogens is 266 g/mol. The van der Waals surface area contributed by atoms with Crippen LogP contribution in [0.15, 0.2) is 54.6 Å². The highest BCUT2D eigenvalue weighted by Gasteiger charge is 2.16. The van der Waals surface area contributed by atoms with Crippen molar-refractivity contribution in [1.82, 2.24) is 0 Å². The van der Waals surface area contributed by atoms with Gasteiger partial charge in [0.1, 0.15) is 5.75 Å². The van der Waals surface area contributed by atoms with Crippen LogP contribution in [-0.4, -0.2) is 19.4 Å². The highest BCUT2D eigenvalue weighted by Crippen LogP contribution is 2.16. The van der Waals surface area contributed by atoms with Crippen LogP contribution in [0, 0.1) is 6.92 Å². The van der Waals surface area contributed by atoms with Crippen LogP contribution < -0.4 is 9.64 Å². The van der Waals surface area contributed by atoms with Gasteiger partial charge in [0.15, 0.2) is 6.23 Å². The van der Waals surface area contributed by atoms with Crippen molar-refractivity contribution < 1.29 is 14.3 Å². The fourth-order valence-electron chi connectivity index (χ4n) is 1.82. The second-order valence-electron chi connectivity index (χ2n) is 4.83. The Bertz CT molecular complexity index is 581. The van der Waals surface area contributed by atoms with Crippen LogP contribution in [0.2, 0.25) is 0 Å². The largest absolute Gasteiger partial charge is 0.515 e. The lowest BCUT2D eigenvalue weighted by atomic mass is 10.2. The van der Waals surface area contributed by atoms with Gasteiger partial charge in [-0.2, -0.15) is 0 Å². The summed E-state index contributed by atoms with van der Waals surface area (Å²) in [6.45, 7) is 3.77. The molecule has 0 N–H and O–H groups in total. The third-order valence-electron chi connectivity index (χ3n) is 3.20. The average Bonchev–Trinajstić information content (AvgIpc) is 2.49. The Morgan fingerprint density at radius 3 is 2.29 bits per heavy atom. The van der Waals surface area contributed by atoms with Gasteiger partial charge < -0.3 is 14.4 Å². The number of hydrogen-bond acceptors (Lipinski definition) is 4. The lowest BCUT2D eigenvalue weighted by molar-refractivity contribution is 0.0661. The summed E-state index contributed by atoms with van der Waals surface area (Å²) in [4.78, 5) is 13.6. The van der Waals surface area contributed by atoms with E-state index < -0.39 is 12.4 Å². The first-order valence-corrected chi connectivity index (χ1v) is 6.79. The normalized spacial score (nSPS) is 11.6. The monoisotopic (exact) mass is 285 g/mol. The summed E-state index contributed by atoms with van der Waals surface area (Å²) < 4.78 is 10.4. The van der Waals surface area contributed by atoms with E-state index in [1.165, 1.54) is 0 Å². The van der Waals surface area contributed by atoms with E-state index in [0.29, 0.717) is 5.75 Å². The molecule has 21 heavy (non-hydrogen) atoms. The van der Waals surface area contributed by atoms with Crippen LogP contribution >= 0.6 is 0 Å². The van der Waals surface area contributed by atoms with E-state index >= 15 is 0 Å². The van der Waals surface area contributed by atoms with Gasteiger partial charge in [-0.15, -0.1) is 0 Å². The van der Waals surface area contributed by atoms with E-state index in [1.807, 2.05) is 61.3 Å². The second-order valence-corrected chi connectivity index (χ2v) is 4.83. The Morgan fingerprint density at radius 1 is 1.05 bits per heavy atom. The zero-order valence-electron chi connectivity index (χ0n) is 12.4. The molecule has 0 aliphatic heterocycles. The summed E-state index contributed by atoms with van der Waals surface area (Å²) in [5.41, 5.74) is 2.07. The zero-order chi connectivity index (χ0) is 15.2. The predicted molar refractivity (Wildman–Crippen MR) is 82.6 cm³/mol. The van der Waals surface area contributed by atoms with Crippen molar-refractivity contribution in [2.75, 3.05) is 11.9 Å². The van der Waals surface area contributed by atoms with Gasteiger partial charge in [-0.05, 0) is 38.1 Å². The minimum atomic E-state index is -0.714. The predicted octanol–water partition coefficient (Wildman–Crippen LogP) is 3.99. The van der Waals surface area contributed by atoms with E-state index in [0.717, 1.165) is 11.3 Å².